The van der Waals surface area contributed by atoms with Crippen molar-refractivity contribution in [1.82, 2.24) is 5.32 Å². The smallest absolute Gasteiger partial charge is 0.220 e. The third kappa shape index (κ3) is 4.16. The van der Waals surface area contributed by atoms with Crippen LogP contribution in [0.2, 0.25) is 5.02 Å². The van der Waals surface area contributed by atoms with E-state index in [9.17, 15) is 4.79 Å². The molecule has 0 bridgehead atoms. The Morgan fingerprint density at radius 2 is 1.75 bits per heavy atom. The van der Waals surface area contributed by atoms with Gasteiger partial charge in [0.1, 0.15) is 0 Å². The monoisotopic (exact) mass is 342 g/mol. The molecule has 1 aliphatic carbocycles. The molecule has 3 N–H and O–H groups in total. The van der Waals surface area contributed by atoms with E-state index in [-0.39, 0.29) is 11.8 Å². The van der Waals surface area contributed by atoms with Crippen LogP contribution in [0.25, 0.3) is 11.1 Å². The molecule has 1 amide bonds. The second-order valence-corrected chi connectivity index (χ2v) is 7.06. The highest BCUT2D eigenvalue weighted by Gasteiger charge is 2.37. The van der Waals surface area contributed by atoms with Crippen LogP contribution in [-0.2, 0) is 4.79 Å². The maximum Gasteiger partial charge on any atom is 0.220 e. The molecule has 24 heavy (non-hydrogen) atoms. The van der Waals surface area contributed by atoms with Crippen LogP contribution in [0.3, 0.4) is 0 Å². The van der Waals surface area contributed by atoms with E-state index in [1.165, 1.54) is 16.7 Å². The average Bonchev–Trinajstić information content (AvgIpc) is 3.35. The van der Waals surface area contributed by atoms with E-state index in [1.807, 2.05) is 31.2 Å². The predicted molar refractivity (Wildman–Crippen MR) is 99.0 cm³/mol. The zero-order valence-corrected chi connectivity index (χ0v) is 14.6. The molecule has 1 saturated carbocycles. The van der Waals surface area contributed by atoms with Crippen LogP contribution in [0, 0.1) is 5.92 Å². The van der Waals surface area contributed by atoms with Crippen molar-refractivity contribution in [1.29, 1.82) is 0 Å². The van der Waals surface area contributed by atoms with E-state index in [2.05, 4.69) is 29.6 Å². The summed E-state index contributed by atoms with van der Waals surface area (Å²) in [7, 11) is 0. The molecule has 4 heteroatoms. The van der Waals surface area contributed by atoms with Crippen molar-refractivity contribution in [2.45, 2.75) is 31.7 Å². The first-order valence-corrected chi connectivity index (χ1v) is 8.81. The van der Waals surface area contributed by atoms with E-state index in [0.717, 1.165) is 24.4 Å². The van der Waals surface area contributed by atoms with Crippen molar-refractivity contribution in [3.63, 3.8) is 0 Å². The Kier molecular flexibility index (Phi) is 5.22. The topological polar surface area (TPSA) is 55.1 Å². The maximum absolute atomic E-state index is 11.0. The molecule has 2 unspecified atom stereocenters. The standard InChI is InChI=1S/C20H23ClN2O/c1-13(20(22)24)10-11-23-19-12-18(19)16-4-2-14(3-5-16)15-6-8-17(21)9-7-15/h2-9,13,18-19,23H,10-12H2,1H3,(H2,22,24)/t13?,18?,19-/m0/s1. The highest BCUT2D eigenvalue weighted by Crippen LogP contribution is 2.41. The number of halogens is 1. The summed E-state index contributed by atoms with van der Waals surface area (Å²) in [6.45, 7) is 2.72. The lowest BCUT2D eigenvalue weighted by molar-refractivity contribution is -0.121. The Hall–Kier alpha value is -1.84. The Labute approximate surface area is 148 Å². The van der Waals surface area contributed by atoms with Gasteiger partial charge in [-0.2, -0.15) is 0 Å². The Morgan fingerprint density at radius 1 is 1.17 bits per heavy atom. The quantitative estimate of drug-likeness (QED) is 0.800. The summed E-state index contributed by atoms with van der Waals surface area (Å²) in [4.78, 5) is 11.0. The SMILES string of the molecule is CC(CCN[C@H]1CC1c1ccc(-c2ccc(Cl)cc2)cc1)C(N)=O. The number of carbonyl (C=O) groups is 1. The molecule has 0 spiro atoms. The largest absolute Gasteiger partial charge is 0.369 e. The minimum atomic E-state index is -0.220. The van der Waals surface area contributed by atoms with Crippen LogP contribution < -0.4 is 11.1 Å². The van der Waals surface area contributed by atoms with Gasteiger partial charge in [-0.3, -0.25) is 4.79 Å². The lowest BCUT2D eigenvalue weighted by Crippen LogP contribution is -2.26. The van der Waals surface area contributed by atoms with Gasteiger partial charge in [0.05, 0.1) is 0 Å². The lowest BCUT2D eigenvalue weighted by Gasteiger charge is -2.08. The minimum absolute atomic E-state index is 0.0617. The second kappa shape index (κ2) is 7.37. The summed E-state index contributed by atoms with van der Waals surface area (Å²) >= 11 is 5.94. The fourth-order valence-electron chi connectivity index (χ4n) is 2.98. The summed E-state index contributed by atoms with van der Waals surface area (Å²) in [5, 5.41) is 4.28. The average molecular weight is 343 g/mol. The van der Waals surface area contributed by atoms with E-state index in [1.54, 1.807) is 0 Å². The van der Waals surface area contributed by atoms with E-state index in [4.69, 9.17) is 17.3 Å². The molecular weight excluding hydrogens is 320 g/mol. The molecule has 0 radical (unpaired) electrons. The van der Waals surface area contributed by atoms with E-state index >= 15 is 0 Å². The summed E-state index contributed by atoms with van der Waals surface area (Å²) in [5.41, 5.74) is 9.03. The van der Waals surface area contributed by atoms with Gasteiger partial charge in [0.2, 0.25) is 5.91 Å². The van der Waals surface area contributed by atoms with Gasteiger partial charge in [-0.25, -0.2) is 0 Å². The number of nitrogens with one attached hydrogen (secondary N) is 1. The Balaban J connectivity index is 1.52. The van der Waals surface area contributed by atoms with Crippen LogP contribution >= 0.6 is 11.6 Å². The maximum atomic E-state index is 11.0. The van der Waals surface area contributed by atoms with Gasteiger partial charge in [-0.15, -0.1) is 0 Å². The fraction of sp³-hybridized carbons (Fsp3) is 0.350. The third-order valence-electron chi connectivity index (χ3n) is 4.78. The number of carbonyl (C=O) groups excluding carboxylic acids is 1. The van der Waals surface area contributed by atoms with Crippen LogP contribution in [0.1, 0.15) is 31.2 Å². The van der Waals surface area contributed by atoms with Gasteiger partial charge >= 0.3 is 0 Å². The van der Waals surface area contributed by atoms with Crippen molar-refractivity contribution < 1.29 is 4.79 Å². The second-order valence-electron chi connectivity index (χ2n) is 6.62. The zero-order chi connectivity index (χ0) is 17.1. The summed E-state index contributed by atoms with van der Waals surface area (Å²) in [6.07, 6.45) is 1.96. The highest BCUT2D eigenvalue weighted by molar-refractivity contribution is 6.30. The number of rotatable bonds is 7. The number of primary amides is 1. The normalized spacial score (nSPS) is 20.6. The molecule has 3 atom stereocenters. The molecule has 3 rings (SSSR count). The van der Waals surface area contributed by atoms with Crippen molar-refractivity contribution in [2.75, 3.05) is 6.54 Å². The van der Waals surface area contributed by atoms with Gasteiger partial charge in [0, 0.05) is 22.9 Å². The van der Waals surface area contributed by atoms with E-state index < -0.39 is 0 Å². The van der Waals surface area contributed by atoms with Crippen molar-refractivity contribution in [2.24, 2.45) is 11.7 Å². The van der Waals surface area contributed by atoms with E-state index in [0.29, 0.717) is 12.0 Å². The molecule has 1 fully saturated rings. The predicted octanol–water partition coefficient (Wildman–Crippen LogP) is 3.96. The summed E-state index contributed by atoms with van der Waals surface area (Å²) in [5.74, 6) is 0.295. The zero-order valence-electron chi connectivity index (χ0n) is 13.8. The number of amides is 1. The van der Waals surface area contributed by atoms with Gasteiger partial charge in [-0.05, 0) is 48.2 Å². The summed E-state index contributed by atoms with van der Waals surface area (Å²) < 4.78 is 0. The van der Waals surface area contributed by atoms with Crippen LogP contribution in [0.5, 0.6) is 0 Å². The number of nitrogens with two attached hydrogens (primary N) is 1. The molecule has 2 aromatic rings. The minimum Gasteiger partial charge on any atom is -0.369 e. The first kappa shape index (κ1) is 17.0. The molecular formula is C20H23ClN2O. The first-order valence-electron chi connectivity index (χ1n) is 8.43. The molecule has 0 heterocycles. The Morgan fingerprint density at radius 3 is 2.33 bits per heavy atom. The molecule has 0 aliphatic heterocycles. The number of benzene rings is 2. The molecule has 3 nitrogen and oxygen atoms in total. The van der Waals surface area contributed by atoms with Crippen molar-refractivity contribution in [3.05, 3.63) is 59.1 Å². The van der Waals surface area contributed by atoms with Crippen LogP contribution in [0.4, 0.5) is 0 Å². The third-order valence-corrected chi connectivity index (χ3v) is 5.03. The van der Waals surface area contributed by atoms with Gasteiger partial charge < -0.3 is 11.1 Å². The first-order chi connectivity index (χ1) is 11.5. The van der Waals surface area contributed by atoms with Crippen molar-refractivity contribution in [3.8, 4) is 11.1 Å². The summed E-state index contributed by atoms with van der Waals surface area (Å²) in [6, 6.07) is 17.2. The van der Waals surface area contributed by atoms with Crippen molar-refractivity contribution >= 4 is 17.5 Å². The van der Waals surface area contributed by atoms with Gasteiger partial charge in [-0.1, -0.05) is 54.9 Å². The number of hydrogen-bond donors (Lipinski definition) is 2. The highest BCUT2D eigenvalue weighted by atomic mass is 35.5. The molecule has 126 valence electrons. The van der Waals surface area contributed by atoms with Crippen LogP contribution in [-0.4, -0.2) is 18.5 Å². The number of hydrogen-bond acceptors (Lipinski definition) is 2. The van der Waals surface area contributed by atoms with Gasteiger partial charge in [0.25, 0.3) is 0 Å². The molecule has 2 aromatic carbocycles. The molecule has 0 saturated heterocycles. The van der Waals surface area contributed by atoms with Crippen LogP contribution in [0.15, 0.2) is 48.5 Å². The Bertz CT molecular complexity index is 697. The van der Waals surface area contributed by atoms with Gasteiger partial charge in [0.15, 0.2) is 0 Å². The molecule has 0 aromatic heterocycles. The fourth-order valence-corrected chi connectivity index (χ4v) is 3.11. The molecule has 1 aliphatic rings. The lowest BCUT2D eigenvalue weighted by atomic mass is 10.0.